The molecule has 0 saturated heterocycles. The van der Waals surface area contributed by atoms with E-state index in [9.17, 15) is 4.79 Å². The van der Waals surface area contributed by atoms with Crippen molar-refractivity contribution in [2.45, 2.75) is 77.5 Å². The second-order valence-electron chi connectivity index (χ2n) is 7.41. The molecule has 22 heavy (non-hydrogen) atoms. The van der Waals surface area contributed by atoms with Crippen LogP contribution in [0, 0.1) is 0 Å². The SMILES string of the molecule is CC(C)NC(=O)OC1CCC(c2cc(N)n(C(C)(C)C)n2)C1. The number of rotatable bonds is 3. The number of hydrogen-bond acceptors (Lipinski definition) is 4. The Morgan fingerprint density at radius 3 is 2.68 bits per heavy atom. The largest absolute Gasteiger partial charge is 0.446 e. The van der Waals surface area contributed by atoms with Crippen molar-refractivity contribution in [3.05, 3.63) is 11.8 Å². The number of hydrogen-bond donors (Lipinski definition) is 2. The van der Waals surface area contributed by atoms with E-state index in [1.165, 1.54) is 0 Å². The maximum atomic E-state index is 11.7. The van der Waals surface area contributed by atoms with Gasteiger partial charge in [0.1, 0.15) is 11.9 Å². The molecule has 1 heterocycles. The molecule has 1 aromatic rings. The van der Waals surface area contributed by atoms with Crippen molar-refractivity contribution >= 4 is 11.9 Å². The van der Waals surface area contributed by atoms with Crippen LogP contribution in [0.5, 0.6) is 0 Å². The quantitative estimate of drug-likeness (QED) is 0.899. The molecule has 1 fully saturated rings. The molecule has 0 aliphatic heterocycles. The van der Waals surface area contributed by atoms with E-state index in [-0.39, 0.29) is 23.8 Å². The van der Waals surface area contributed by atoms with E-state index in [2.05, 4.69) is 31.2 Å². The van der Waals surface area contributed by atoms with E-state index >= 15 is 0 Å². The van der Waals surface area contributed by atoms with E-state index in [0.717, 1.165) is 25.0 Å². The minimum atomic E-state index is -0.333. The molecule has 1 aliphatic carbocycles. The van der Waals surface area contributed by atoms with Crippen LogP contribution < -0.4 is 11.1 Å². The molecule has 2 atom stereocenters. The van der Waals surface area contributed by atoms with Crippen molar-refractivity contribution in [1.29, 1.82) is 0 Å². The molecule has 0 radical (unpaired) electrons. The third-order valence-corrected chi connectivity index (χ3v) is 3.87. The zero-order chi connectivity index (χ0) is 16.5. The minimum Gasteiger partial charge on any atom is -0.446 e. The summed E-state index contributed by atoms with van der Waals surface area (Å²) in [6.07, 6.45) is 2.29. The molecular weight excluding hydrogens is 280 g/mol. The highest BCUT2D eigenvalue weighted by Crippen LogP contribution is 2.36. The van der Waals surface area contributed by atoms with Gasteiger partial charge in [0, 0.05) is 18.0 Å². The number of anilines is 1. The van der Waals surface area contributed by atoms with Gasteiger partial charge >= 0.3 is 6.09 Å². The average molecular weight is 308 g/mol. The van der Waals surface area contributed by atoms with Gasteiger partial charge in [-0.3, -0.25) is 0 Å². The standard InChI is InChI=1S/C16H28N4O2/c1-10(2)18-15(21)22-12-7-6-11(8-12)13-9-14(17)20(19-13)16(3,4)5/h9-12H,6-8,17H2,1-5H3,(H,18,21). The summed E-state index contributed by atoms with van der Waals surface area (Å²) in [6, 6.07) is 2.04. The van der Waals surface area contributed by atoms with Crippen LogP contribution in [0.2, 0.25) is 0 Å². The van der Waals surface area contributed by atoms with Gasteiger partial charge in [-0.2, -0.15) is 5.10 Å². The lowest BCUT2D eigenvalue weighted by Gasteiger charge is -2.20. The highest BCUT2D eigenvalue weighted by atomic mass is 16.6. The molecular formula is C16H28N4O2. The number of nitrogen functional groups attached to an aromatic ring is 1. The molecule has 0 bridgehead atoms. The van der Waals surface area contributed by atoms with E-state index in [1.807, 2.05) is 24.6 Å². The van der Waals surface area contributed by atoms with Crippen molar-refractivity contribution in [2.24, 2.45) is 0 Å². The van der Waals surface area contributed by atoms with Gasteiger partial charge in [-0.05, 0) is 53.9 Å². The Labute approximate surface area is 132 Å². The first kappa shape index (κ1) is 16.6. The number of nitrogens with two attached hydrogens (primary N) is 1. The Balaban J connectivity index is 1.97. The second-order valence-corrected chi connectivity index (χ2v) is 7.41. The van der Waals surface area contributed by atoms with Crippen LogP contribution in [0.3, 0.4) is 0 Å². The van der Waals surface area contributed by atoms with Gasteiger partial charge in [0.2, 0.25) is 0 Å². The van der Waals surface area contributed by atoms with Crippen LogP contribution in [0.25, 0.3) is 0 Å². The van der Waals surface area contributed by atoms with Gasteiger partial charge in [-0.15, -0.1) is 0 Å². The monoisotopic (exact) mass is 308 g/mol. The molecule has 124 valence electrons. The van der Waals surface area contributed by atoms with Crippen molar-refractivity contribution in [3.8, 4) is 0 Å². The number of nitrogens with zero attached hydrogens (tertiary/aromatic N) is 2. The molecule has 1 saturated carbocycles. The predicted molar refractivity (Wildman–Crippen MR) is 86.8 cm³/mol. The Hall–Kier alpha value is -1.72. The molecule has 1 aromatic heterocycles. The lowest BCUT2D eigenvalue weighted by molar-refractivity contribution is 0.0981. The summed E-state index contributed by atoms with van der Waals surface area (Å²) < 4.78 is 7.33. The van der Waals surface area contributed by atoms with Crippen molar-refractivity contribution in [1.82, 2.24) is 15.1 Å². The van der Waals surface area contributed by atoms with Crippen LogP contribution in [-0.2, 0) is 10.3 Å². The Morgan fingerprint density at radius 2 is 2.14 bits per heavy atom. The summed E-state index contributed by atoms with van der Waals surface area (Å²) in [7, 11) is 0. The minimum absolute atomic E-state index is 0.0373. The number of aromatic nitrogens is 2. The molecule has 1 amide bonds. The van der Waals surface area contributed by atoms with Gasteiger partial charge in [0.25, 0.3) is 0 Å². The number of nitrogens with one attached hydrogen (secondary N) is 1. The van der Waals surface area contributed by atoms with E-state index < -0.39 is 0 Å². The number of ether oxygens (including phenoxy) is 1. The Bertz CT molecular complexity index is 531. The van der Waals surface area contributed by atoms with Crippen LogP contribution in [-0.4, -0.2) is 28.0 Å². The first-order chi connectivity index (χ1) is 10.2. The van der Waals surface area contributed by atoms with Crippen molar-refractivity contribution < 1.29 is 9.53 Å². The van der Waals surface area contributed by atoms with Crippen LogP contribution in [0.1, 0.15) is 65.5 Å². The topological polar surface area (TPSA) is 82.2 Å². The third-order valence-electron chi connectivity index (χ3n) is 3.87. The fourth-order valence-electron chi connectivity index (χ4n) is 2.89. The zero-order valence-electron chi connectivity index (χ0n) is 14.2. The first-order valence-corrected chi connectivity index (χ1v) is 8.00. The molecule has 6 nitrogen and oxygen atoms in total. The Kier molecular flexibility index (Phi) is 4.68. The number of amides is 1. The Morgan fingerprint density at radius 1 is 1.45 bits per heavy atom. The van der Waals surface area contributed by atoms with Gasteiger partial charge in [-0.25, -0.2) is 9.48 Å². The lowest BCUT2D eigenvalue weighted by atomic mass is 10.0. The predicted octanol–water partition coefficient (Wildman–Crippen LogP) is 2.99. The fourth-order valence-corrected chi connectivity index (χ4v) is 2.89. The van der Waals surface area contributed by atoms with Crippen molar-refractivity contribution in [3.63, 3.8) is 0 Å². The second kappa shape index (κ2) is 6.18. The molecule has 6 heteroatoms. The van der Waals surface area contributed by atoms with Crippen LogP contribution in [0.15, 0.2) is 6.07 Å². The highest BCUT2D eigenvalue weighted by Gasteiger charge is 2.31. The third kappa shape index (κ3) is 3.93. The number of carbonyl (C=O) groups is 1. The van der Waals surface area contributed by atoms with E-state index in [1.54, 1.807) is 0 Å². The summed E-state index contributed by atoms with van der Waals surface area (Å²) in [4.78, 5) is 11.7. The fraction of sp³-hybridized carbons (Fsp3) is 0.750. The zero-order valence-corrected chi connectivity index (χ0v) is 14.2. The van der Waals surface area contributed by atoms with Gasteiger partial charge < -0.3 is 15.8 Å². The normalized spacial score (nSPS) is 22.1. The van der Waals surface area contributed by atoms with Crippen LogP contribution in [0.4, 0.5) is 10.6 Å². The molecule has 1 aliphatic rings. The number of carbonyl (C=O) groups excluding carboxylic acids is 1. The van der Waals surface area contributed by atoms with Gasteiger partial charge in [-0.1, -0.05) is 0 Å². The van der Waals surface area contributed by atoms with Crippen LogP contribution >= 0.6 is 0 Å². The van der Waals surface area contributed by atoms with E-state index in [0.29, 0.717) is 11.7 Å². The highest BCUT2D eigenvalue weighted by molar-refractivity contribution is 5.67. The summed E-state index contributed by atoms with van der Waals surface area (Å²) in [6.45, 7) is 10.1. The first-order valence-electron chi connectivity index (χ1n) is 8.00. The summed E-state index contributed by atoms with van der Waals surface area (Å²) in [5.74, 6) is 0.993. The molecule has 2 rings (SSSR count). The maximum Gasteiger partial charge on any atom is 0.407 e. The smallest absolute Gasteiger partial charge is 0.407 e. The summed E-state index contributed by atoms with van der Waals surface area (Å²) >= 11 is 0. The average Bonchev–Trinajstić information content (AvgIpc) is 2.93. The molecule has 0 aromatic carbocycles. The molecule has 3 N–H and O–H groups in total. The maximum absolute atomic E-state index is 11.7. The van der Waals surface area contributed by atoms with Gasteiger partial charge in [0.05, 0.1) is 11.2 Å². The lowest BCUT2D eigenvalue weighted by Crippen LogP contribution is -2.33. The molecule has 0 spiro atoms. The molecule has 2 unspecified atom stereocenters. The summed E-state index contributed by atoms with van der Waals surface area (Å²) in [5.41, 5.74) is 6.94. The summed E-state index contributed by atoms with van der Waals surface area (Å²) in [5, 5.41) is 7.42. The van der Waals surface area contributed by atoms with Gasteiger partial charge in [0.15, 0.2) is 0 Å². The number of alkyl carbamates (subject to hydrolysis) is 1. The van der Waals surface area contributed by atoms with E-state index in [4.69, 9.17) is 10.5 Å². The van der Waals surface area contributed by atoms with Crippen molar-refractivity contribution in [2.75, 3.05) is 5.73 Å².